The van der Waals surface area contributed by atoms with Crippen molar-refractivity contribution in [1.29, 1.82) is 0 Å². The molecule has 126 valence electrons. The van der Waals surface area contributed by atoms with Gasteiger partial charge in [0.25, 0.3) is 0 Å². The molecule has 0 amide bonds. The zero-order valence-corrected chi connectivity index (χ0v) is 15.7. The monoisotopic (exact) mass is 400 g/mol. The second kappa shape index (κ2) is 7.63. The van der Waals surface area contributed by atoms with E-state index in [2.05, 4.69) is 64.5 Å². The Morgan fingerprint density at radius 1 is 0.577 bits per heavy atom. The lowest BCUT2D eigenvalue weighted by Crippen LogP contribution is -1.97. The van der Waals surface area contributed by atoms with Crippen molar-refractivity contribution in [2.45, 2.75) is 6.42 Å². The van der Waals surface area contributed by atoms with E-state index in [4.69, 9.17) is 9.97 Å². The second-order valence-corrected chi connectivity index (χ2v) is 7.00. The fourth-order valence-electron chi connectivity index (χ4n) is 2.92. The summed E-state index contributed by atoms with van der Waals surface area (Å²) < 4.78 is 1.06. The number of aromatic nitrogens is 2. The molecule has 4 aromatic rings. The molecule has 0 radical (unpaired) electrons. The molecule has 0 N–H and O–H groups in total. The summed E-state index contributed by atoms with van der Waals surface area (Å²) >= 11 is 3.52. The summed E-state index contributed by atoms with van der Waals surface area (Å²) in [4.78, 5) is 9.63. The predicted molar refractivity (Wildman–Crippen MR) is 110 cm³/mol. The van der Waals surface area contributed by atoms with E-state index in [1.165, 1.54) is 0 Å². The van der Waals surface area contributed by atoms with Crippen molar-refractivity contribution >= 4 is 15.9 Å². The molecule has 0 fully saturated rings. The van der Waals surface area contributed by atoms with Crippen LogP contribution in [-0.4, -0.2) is 9.97 Å². The molecule has 0 saturated heterocycles. The second-order valence-electron chi connectivity index (χ2n) is 6.08. The van der Waals surface area contributed by atoms with Crippen molar-refractivity contribution in [3.63, 3.8) is 0 Å². The van der Waals surface area contributed by atoms with Crippen LogP contribution < -0.4 is 0 Å². The molecule has 0 atom stereocenters. The first-order chi connectivity index (χ1) is 12.8. The number of halogens is 1. The highest BCUT2D eigenvalue weighted by Crippen LogP contribution is 2.22. The summed E-state index contributed by atoms with van der Waals surface area (Å²) in [5, 5.41) is 0. The zero-order chi connectivity index (χ0) is 17.8. The molecule has 4 rings (SSSR count). The van der Waals surface area contributed by atoms with Crippen LogP contribution in [0.5, 0.6) is 0 Å². The van der Waals surface area contributed by atoms with Gasteiger partial charge in [0.15, 0.2) is 0 Å². The minimum Gasteiger partial charge on any atom is -0.252 e. The Morgan fingerprint density at radius 2 is 1.15 bits per heavy atom. The molecule has 2 aromatic carbocycles. The Bertz CT molecular complexity index is 1030. The van der Waals surface area contributed by atoms with Crippen molar-refractivity contribution in [2.75, 3.05) is 0 Å². The molecule has 0 bridgehead atoms. The van der Waals surface area contributed by atoms with Crippen LogP contribution in [0, 0.1) is 0 Å². The van der Waals surface area contributed by atoms with Gasteiger partial charge in [0.05, 0.1) is 11.4 Å². The smallest absolute Gasteiger partial charge is 0.0705 e. The number of hydrogen-bond donors (Lipinski definition) is 0. The van der Waals surface area contributed by atoms with E-state index in [1.54, 1.807) is 0 Å². The summed E-state index contributed by atoms with van der Waals surface area (Å²) in [6.07, 6.45) is 0.711. The minimum absolute atomic E-state index is 0.711. The van der Waals surface area contributed by atoms with Gasteiger partial charge in [-0.15, -0.1) is 0 Å². The Kier molecular flexibility index (Phi) is 4.89. The Morgan fingerprint density at radius 3 is 1.81 bits per heavy atom. The number of rotatable bonds is 4. The third kappa shape index (κ3) is 3.89. The highest BCUT2D eigenvalue weighted by atomic mass is 79.9. The summed E-state index contributed by atoms with van der Waals surface area (Å²) in [6.45, 7) is 0. The van der Waals surface area contributed by atoms with Crippen LogP contribution in [-0.2, 0) is 6.42 Å². The van der Waals surface area contributed by atoms with Crippen LogP contribution in [0.25, 0.3) is 22.5 Å². The van der Waals surface area contributed by atoms with Crippen molar-refractivity contribution < 1.29 is 0 Å². The molecule has 0 spiro atoms. The Balaban J connectivity index is 1.61. The molecular weight excluding hydrogens is 384 g/mol. The molecule has 0 saturated carbocycles. The first-order valence-corrected chi connectivity index (χ1v) is 9.30. The van der Waals surface area contributed by atoms with Gasteiger partial charge in [-0.2, -0.15) is 0 Å². The van der Waals surface area contributed by atoms with E-state index < -0.39 is 0 Å². The molecule has 0 aliphatic heterocycles. The maximum atomic E-state index is 4.82. The molecule has 0 aliphatic rings. The van der Waals surface area contributed by atoms with Crippen molar-refractivity contribution in [2.24, 2.45) is 0 Å². The SMILES string of the molecule is Brc1cccc(-c2cccc(Cc3cccc(-c4ccccc4)n3)n2)c1. The van der Waals surface area contributed by atoms with Crippen molar-refractivity contribution in [3.8, 4) is 22.5 Å². The van der Waals surface area contributed by atoms with Crippen molar-refractivity contribution in [3.05, 3.63) is 107 Å². The lowest BCUT2D eigenvalue weighted by molar-refractivity contribution is 1.02. The maximum Gasteiger partial charge on any atom is 0.0705 e. The molecule has 3 heteroatoms. The number of pyridine rings is 2. The number of hydrogen-bond acceptors (Lipinski definition) is 2. The third-order valence-corrected chi connectivity index (χ3v) is 4.66. The summed E-state index contributed by atoms with van der Waals surface area (Å²) in [5.41, 5.74) is 6.23. The van der Waals surface area contributed by atoms with E-state index in [1.807, 2.05) is 42.5 Å². The first kappa shape index (κ1) is 16.7. The van der Waals surface area contributed by atoms with Gasteiger partial charge in [0.2, 0.25) is 0 Å². The van der Waals surface area contributed by atoms with Gasteiger partial charge in [-0.05, 0) is 36.4 Å². The highest BCUT2D eigenvalue weighted by Gasteiger charge is 2.05. The van der Waals surface area contributed by atoms with E-state index in [0.717, 1.165) is 38.4 Å². The lowest BCUT2D eigenvalue weighted by atomic mass is 10.1. The lowest BCUT2D eigenvalue weighted by Gasteiger charge is -2.07. The fourth-order valence-corrected chi connectivity index (χ4v) is 3.32. The average Bonchev–Trinajstić information content (AvgIpc) is 2.69. The number of benzene rings is 2. The Hall–Kier alpha value is -2.78. The van der Waals surface area contributed by atoms with Crippen LogP contribution in [0.15, 0.2) is 95.5 Å². The van der Waals surface area contributed by atoms with Crippen LogP contribution >= 0.6 is 15.9 Å². The van der Waals surface area contributed by atoms with Gasteiger partial charge in [-0.25, -0.2) is 0 Å². The normalized spacial score (nSPS) is 10.7. The maximum absolute atomic E-state index is 4.82. The molecular formula is C23H17BrN2. The molecule has 0 unspecified atom stereocenters. The summed E-state index contributed by atoms with van der Waals surface area (Å²) in [6, 6.07) is 30.8. The summed E-state index contributed by atoms with van der Waals surface area (Å²) in [7, 11) is 0. The standard InChI is InChI=1S/C23H17BrN2/c24-19-10-4-9-18(15-19)23-14-6-12-21(26-23)16-20-11-5-13-22(25-20)17-7-2-1-3-8-17/h1-15H,16H2. The van der Waals surface area contributed by atoms with Crippen LogP contribution in [0.1, 0.15) is 11.4 Å². The van der Waals surface area contributed by atoms with Gasteiger partial charge >= 0.3 is 0 Å². The van der Waals surface area contributed by atoms with E-state index in [-0.39, 0.29) is 0 Å². The largest absolute Gasteiger partial charge is 0.252 e. The van der Waals surface area contributed by atoms with Gasteiger partial charge in [-0.3, -0.25) is 9.97 Å². The van der Waals surface area contributed by atoms with E-state index in [0.29, 0.717) is 6.42 Å². The van der Waals surface area contributed by atoms with Crippen molar-refractivity contribution in [1.82, 2.24) is 9.97 Å². The van der Waals surface area contributed by atoms with Gasteiger partial charge in [-0.1, -0.05) is 70.5 Å². The van der Waals surface area contributed by atoms with Crippen LogP contribution in [0.2, 0.25) is 0 Å². The quantitative estimate of drug-likeness (QED) is 0.409. The molecule has 0 aliphatic carbocycles. The van der Waals surface area contributed by atoms with Crippen LogP contribution in [0.4, 0.5) is 0 Å². The van der Waals surface area contributed by atoms with Gasteiger partial charge in [0, 0.05) is 33.4 Å². The zero-order valence-electron chi connectivity index (χ0n) is 14.1. The summed E-state index contributed by atoms with van der Waals surface area (Å²) in [5.74, 6) is 0. The Labute approximate surface area is 161 Å². The highest BCUT2D eigenvalue weighted by molar-refractivity contribution is 9.10. The topological polar surface area (TPSA) is 25.8 Å². The average molecular weight is 401 g/mol. The third-order valence-electron chi connectivity index (χ3n) is 4.17. The first-order valence-electron chi connectivity index (χ1n) is 8.51. The minimum atomic E-state index is 0.711. The molecule has 2 heterocycles. The van der Waals surface area contributed by atoms with Crippen LogP contribution in [0.3, 0.4) is 0 Å². The van der Waals surface area contributed by atoms with Gasteiger partial charge in [0.1, 0.15) is 0 Å². The predicted octanol–water partition coefficient (Wildman–Crippen LogP) is 6.16. The van der Waals surface area contributed by atoms with E-state index in [9.17, 15) is 0 Å². The van der Waals surface area contributed by atoms with E-state index >= 15 is 0 Å². The molecule has 2 aromatic heterocycles. The number of nitrogens with zero attached hydrogens (tertiary/aromatic N) is 2. The molecule has 2 nitrogen and oxygen atoms in total. The molecule has 26 heavy (non-hydrogen) atoms. The fraction of sp³-hybridized carbons (Fsp3) is 0.0435. The van der Waals surface area contributed by atoms with Gasteiger partial charge < -0.3 is 0 Å².